The molecule has 0 bridgehead atoms. The lowest BCUT2D eigenvalue weighted by Gasteiger charge is -2.04. The number of benzene rings is 1. The molecule has 2 aromatic rings. The topological polar surface area (TPSA) is 94.8 Å². The zero-order chi connectivity index (χ0) is 11.1. The van der Waals surface area contributed by atoms with Gasteiger partial charge in [0.1, 0.15) is 0 Å². The third-order valence-electron chi connectivity index (χ3n) is 2.80. The maximum Gasteiger partial charge on any atom is 0.241 e. The second kappa shape index (κ2) is 3.13. The lowest BCUT2D eigenvalue weighted by molar-refractivity contribution is 1.02. The highest BCUT2D eigenvalue weighted by Gasteiger charge is 2.14. The predicted octanol–water partition coefficient (Wildman–Crippen LogP) is 0.209. The Bertz CT molecular complexity index is 544. The molecule has 2 heterocycles. The van der Waals surface area contributed by atoms with Crippen molar-refractivity contribution < 1.29 is 0 Å². The van der Waals surface area contributed by atoms with Gasteiger partial charge in [-0.1, -0.05) is 0 Å². The molecular weight excluding hydrogens is 204 g/mol. The molecule has 6 heteroatoms. The van der Waals surface area contributed by atoms with Crippen LogP contribution in [0.2, 0.25) is 0 Å². The van der Waals surface area contributed by atoms with Crippen molar-refractivity contribution in [3.8, 4) is 11.4 Å². The highest BCUT2D eigenvalue weighted by molar-refractivity contribution is 5.66. The first-order valence-corrected chi connectivity index (χ1v) is 5.09. The fourth-order valence-corrected chi connectivity index (χ4v) is 1.94. The highest BCUT2D eigenvalue weighted by atomic mass is 15.4. The summed E-state index contributed by atoms with van der Waals surface area (Å²) in [4.78, 5) is 0. The summed E-state index contributed by atoms with van der Waals surface area (Å²) in [7, 11) is 0. The summed E-state index contributed by atoms with van der Waals surface area (Å²) in [6.07, 6.45) is 1.03. The van der Waals surface area contributed by atoms with Crippen molar-refractivity contribution in [1.29, 1.82) is 0 Å². The van der Waals surface area contributed by atoms with E-state index in [0.29, 0.717) is 5.82 Å². The van der Waals surface area contributed by atoms with Crippen molar-refractivity contribution >= 4 is 11.6 Å². The van der Waals surface area contributed by atoms with Crippen molar-refractivity contribution in [2.75, 3.05) is 23.4 Å². The van der Waals surface area contributed by atoms with Crippen molar-refractivity contribution in [3.05, 3.63) is 23.8 Å². The zero-order valence-electron chi connectivity index (χ0n) is 8.64. The summed E-state index contributed by atoms with van der Waals surface area (Å²) in [5.74, 6) is 6.54. The standard InChI is InChI=1S/C10H12N6/c11-10-15-14-9(16(10)12)7-1-2-8-6(5-7)3-4-13-8/h1-2,5,13H,3-4,12H2,(H2,11,15). The zero-order valence-corrected chi connectivity index (χ0v) is 8.64. The number of nitrogen functional groups attached to an aromatic ring is 2. The number of nitrogens with one attached hydrogen (secondary N) is 1. The molecule has 3 rings (SSSR count). The Balaban J connectivity index is 2.10. The number of aromatic nitrogens is 3. The van der Waals surface area contributed by atoms with E-state index in [1.165, 1.54) is 15.9 Å². The van der Waals surface area contributed by atoms with Crippen molar-refractivity contribution in [1.82, 2.24) is 14.9 Å². The van der Waals surface area contributed by atoms with Crippen LogP contribution in [0.4, 0.5) is 11.6 Å². The SMILES string of the molecule is Nc1nnc(-c2ccc3c(c2)CCN3)n1N. The molecule has 0 radical (unpaired) electrons. The van der Waals surface area contributed by atoms with E-state index in [1.807, 2.05) is 12.1 Å². The summed E-state index contributed by atoms with van der Waals surface area (Å²) >= 11 is 0. The number of rotatable bonds is 1. The van der Waals surface area contributed by atoms with Crippen molar-refractivity contribution in [2.45, 2.75) is 6.42 Å². The molecule has 0 aliphatic carbocycles. The molecule has 16 heavy (non-hydrogen) atoms. The first kappa shape index (κ1) is 9.02. The minimum atomic E-state index is 0.216. The van der Waals surface area contributed by atoms with Crippen molar-refractivity contribution in [3.63, 3.8) is 0 Å². The minimum absolute atomic E-state index is 0.216. The molecule has 1 aliphatic heterocycles. The van der Waals surface area contributed by atoms with Crippen LogP contribution in [-0.4, -0.2) is 21.4 Å². The summed E-state index contributed by atoms with van der Waals surface area (Å²) in [5.41, 5.74) is 8.94. The quantitative estimate of drug-likeness (QED) is 0.592. The van der Waals surface area contributed by atoms with Gasteiger partial charge in [-0.3, -0.25) is 0 Å². The lowest BCUT2D eigenvalue weighted by atomic mass is 10.1. The van der Waals surface area contributed by atoms with Crippen LogP contribution < -0.4 is 16.9 Å². The monoisotopic (exact) mass is 216 g/mol. The Morgan fingerprint density at radius 1 is 1.31 bits per heavy atom. The normalized spacial score (nSPS) is 13.5. The molecule has 1 aliphatic rings. The van der Waals surface area contributed by atoms with Crippen LogP contribution >= 0.6 is 0 Å². The van der Waals surface area contributed by atoms with Crippen LogP contribution in [0.5, 0.6) is 0 Å². The first-order chi connectivity index (χ1) is 7.75. The van der Waals surface area contributed by atoms with Crippen LogP contribution in [-0.2, 0) is 6.42 Å². The van der Waals surface area contributed by atoms with Gasteiger partial charge in [0.25, 0.3) is 0 Å². The van der Waals surface area contributed by atoms with Crippen LogP contribution in [0.25, 0.3) is 11.4 Å². The number of nitrogens with two attached hydrogens (primary N) is 2. The fourth-order valence-electron chi connectivity index (χ4n) is 1.94. The molecule has 1 aromatic carbocycles. The van der Waals surface area contributed by atoms with Crippen LogP contribution in [0.3, 0.4) is 0 Å². The first-order valence-electron chi connectivity index (χ1n) is 5.09. The third-order valence-corrected chi connectivity index (χ3v) is 2.80. The van der Waals surface area contributed by atoms with E-state index >= 15 is 0 Å². The molecule has 0 spiro atoms. The molecule has 5 N–H and O–H groups in total. The largest absolute Gasteiger partial charge is 0.384 e. The number of fused-ring (bicyclic) bond motifs is 1. The van der Waals surface area contributed by atoms with Gasteiger partial charge in [-0.25, -0.2) is 4.68 Å². The van der Waals surface area contributed by atoms with Gasteiger partial charge < -0.3 is 16.9 Å². The summed E-state index contributed by atoms with van der Waals surface area (Å²) in [6, 6.07) is 6.06. The van der Waals surface area contributed by atoms with Crippen LogP contribution in [0, 0.1) is 0 Å². The van der Waals surface area contributed by atoms with Gasteiger partial charge in [-0.2, -0.15) is 0 Å². The van der Waals surface area contributed by atoms with Gasteiger partial charge in [0.15, 0.2) is 5.82 Å². The Labute approximate surface area is 92.2 Å². The second-order valence-corrected chi connectivity index (χ2v) is 3.80. The van der Waals surface area contributed by atoms with Gasteiger partial charge in [-0.05, 0) is 30.2 Å². The van der Waals surface area contributed by atoms with Gasteiger partial charge >= 0.3 is 0 Å². The molecule has 0 amide bonds. The number of anilines is 2. The molecule has 82 valence electrons. The molecular formula is C10H12N6. The fraction of sp³-hybridized carbons (Fsp3) is 0.200. The van der Waals surface area contributed by atoms with E-state index in [-0.39, 0.29) is 5.95 Å². The Kier molecular flexibility index (Phi) is 1.76. The average Bonchev–Trinajstić information content (AvgIpc) is 2.86. The summed E-state index contributed by atoms with van der Waals surface area (Å²) in [5, 5.41) is 11.0. The summed E-state index contributed by atoms with van der Waals surface area (Å²) in [6.45, 7) is 0.982. The van der Waals surface area contributed by atoms with E-state index in [0.717, 1.165) is 18.5 Å². The maximum absolute atomic E-state index is 5.73. The van der Waals surface area contributed by atoms with Crippen LogP contribution in [0.1, 0.15) is 5.56 Å². The number of hydrogen-bond donors (Lipinski definition) is 3. The minimum Gasteiger partial charge on any atom is -0.384 e. The highest BCUT2D eigenvalue weighted by Crippen LogP contribution is 2.27. The second-order valence-electron chi connectivity index (χ2n) is 3.80. The van der Waals surface area contributed by atoms with E-state index < -0.39 is 0 Å². The van der Waals surface area contributed by atoms with E-state index in [2.05, 4.69) is 21.6 Å². The predicted molar refractivity (Wildman–Crippen MR) is 62.2 cm³/mol. The Morgan fingerprint density at radius 2 is 2.19 bits per heavy atom. The maximum atomic E-state index is 5.73. The van der Waals surface area contributed by atoms with Gasteiger partial charge in [0.05, 0.1) is 0 Å². The average molecular weight is 216 g/mol. The molecule has 0 atom stereocenters. The Morgan fingerprint density at radius 3 is 2.94 bits per heavy atom. The van der Waals surface area contributed by atoms with Gasteiger partial charge in [-0.15, -0.1) is 10.2 Å². The van der Waals surface area contributed by atoms with E-state index in [4.69, 9.17) is 11.6 Å². The van der Waals surface area contributed by atoms with Crippen LogP contribution in [0.15, 0.2) is 18.2 Å². The lowest BCUT2D eigenvalue weighted by Crippen LogP contribution is -2.13. The molecule has 0 saturated carbocycles. The van der Waals surface area contributed by atoms with E-state index in [1.54, 1.807) is 0 Å². The van der Waals surface area contributed by atoms with E-state index in [9.17, 15) is 0 Å². The Hall–Kier alpha value is -2.24. The smallest absolute Gasteiger partial charge is 0.241 e. The third kappa shape index (κ3) is 1.19. The van der Waals surface area contributed by atoms with Gasteiger partial charge in [0, 0.05) is 17.8 Å². The van der Waals surface area contributed by atoms with Gasteiger partial charge in [0.2, 0.25) is 5.95 Å². The molecule has 0 unspecified atom stereocenters. The molecule has 6 nitrogen and oxygen atoms in total. The molecule has 0 fully saturated rings. The number of nitrogens with zero attached hydrogens (tertiary/aromatic N) is 3. The van der Waals surface area contributed by atoms with Crippen molar-refractivity contribution in [2.24, 2.45) is 0 Å². The summed E-state index contributed by atoms with van der Waals surface area (Å²) < 4.78 is 1.30. The molecule has 1 aromatic heterocycles. The number of hydrogen-bond acceptors (Lipinski definition) is 5. The molecule has 0 saturated heterocycles.